The zero-order valence-corrected chi connectivity index (χ0v) is 5.81. The molecule has 0 aromatic rings. The summed E-state index contributed by atoms with van der Waals surface area (Å²) in [6, 6.07) is 0. The predicted octanol–water partition coefficient (Wildman–Crippen LogP) is 1.82. The molecule has 2 nitrogen and oxygen atoms in total. The first-order valence-electron chi connectivity index (χ1n) is 2.95. The lowest BCUT2D eigenvalue weighted by Crippen LogP contribution is -2.19. The molecule has 0 saturated carbocycles. The number of allylic oxidation sites excluding steroid dienone is 1. The van der Waals surface area contributed by atoms with Crippen LogP contribution in [-0.4, -0.2) is 18.6 Å². The molecule has 1 aliphatic heterocycles. The van der Waals surface area contributed by atoms with E-state index in [9.17, 15) is 13.2 Å². The van der Waals surface area contributed by atoms with Crippen molar-refractivity contribution in [1.82, 2.24) is 0 Å². The van der Waals surface area contributed by atoms with Gasteiger partial charge in [-0.15, -0.1) is 0 Å². The Labute approximate surface area is 61.6 Å². The van der Waals surface area contributed by atoms with Crippen LogP contribution in [0, 0.1) is 0 Å². The molecule has 1 aliphatic rings. The lowest BCUT2D eigenvalue weighted by atomic mass is 10.4. The van der Waals surface area contributed by atoms with Crippen LogP contribution in [0.2, 0.25) is 0 Å². The molecule has 0 amide bonds. The molecule has 1 rings (SSSR count). The maximum Gasteiger partial charge on any atom is 0.420 e. The minimum absolute atomic E-state index is 0.224. The van der Waals surface area contributed by atoms with Gasteiger partial charge in [-0.25, -0.2) is 0 Å². The van der Waals surface area contributed by atoms with E-state index in [-0.39, 0.29) is 5.76 Å². The second-order valence-electron chi connectivity index (χ2n) is 2.29. The van der Waals surface area contributed by atoms with Crippen molar-refractivity contribution in [2.24, 2.45) is 0 Å². The highest BCUT2D eigenvalue weighted by molar-refractivity contribution is 4.88. The van der Waals surface area contributed by atoms with Crippen LogP contribution in [0.25, 0.3) is 0 Å². The Kier molecular flexibility index (Phi) is 1.83. The van der Waals surface area contributed by atoms with Gasteiger partial charge in [0.1, 0.15) is 0 Å². The van der Waals surface area contributed by atoms with Gasteiger partial charge in [0.15, 0.2) is 0 Å². The van der Waals surface area contributed by atoms with E-state index in [0.717, 1.165) is 0 Å². The van der Waals surface area contributed by atoms with Crippen LogP contribution in [0.1, 0.15) is 6.92 Å². The minimum Gasteiger partial charge on any atom is -0.467 e. The van der Waals surface area contributed by atoms with E-state index >= 15 is 0 Å². The van der Waals surface area contributed by atoms with Crippen molar-refractivity contribution in [3.8, 4) is 0 Å². The van der Waals surface area contributed by atoms with E-state index < -0.39 is 18.6 Å². The summed E-state index contributed by atoms with van der Waals surface area (Å²) < 4.78 is 43.9. The summed E-state index contributed by atoms with van der Waals surface area (Å²) in [4.78, 5) is 0. The van der Waals surface area contributed by atoms with Crippen LogP contribution in [0.4, 0.5) is 13.2 Å². The monoisotopic (exact) mass is 168 g/mol. The Morgan fingerprint density at radius 3 is 2.36 bits per heavy atom. The van der Waals surface area contributed by atoms with Gasteiger partial charge in [0, 0.05) is 0 Å². The van der Waals surface area contributed by atoms with Crippen molar-refractivity contribution >= 4 is 0 Å². The number of alkyl halides is 3. The van der Waals surface area contributed by atoms with Gasteiger partial charge in [-0.3, -0.25) is 0 Å². The molecule has 0 N–H and O–H groups in total. The quantitative estimate of drug-likeness (QED) is 0.463. The second kappa shape index (κ2) is 2.41. The maximum atomic E-state index is 11.7. The van der Waals surface area contributed by atoms with E-state index in [1.165, 1.54) is 6.92 Å². The molecule has 0 spiro atoms. The van der Waals surface area contributed by atoms with Crippen LogP contribution >= 0.6 is 0 Å². The lowest BCUT2D eigenvalue weighted by Gasteiger charge is -2.01. The number of hydrogen-bond donors (Lipinski definition) is 0. The summed E-state index contributed by atoms with van der Waals surface area (Å²) in [6.45, 7) is 4.75. The second-order valence-corrected chi connectivity index (χ2v) is 2.29. The first-order valence-corrected chi connectivity index (χ1v) is 2.95. The highest BCUT2D eigenvalue weighted by Gasteiger charge is 2.60. The minimum atomic E-state index is -4.32. The number of rotatable bonds is 2. The molecule has 1 heterocycles. The van der Waals surface area contributed by atoms with Crippen molar-refractivity contribution in [1.29, 1.82) is 0 Å². The summed E-state index contributed by atoms with van der Waals surface area (Å²) in [6.07, 6.45) is -7.26. The highest BCUT2D eigenvalue weighted by Crippen LogP contribution is 2.38. The molecule has 0 aromatic heterocycles. The molecule has 1 fully saturated rings. The van der Waals surface area contributed by atoms with Crippen LogP contribution in [-0.2, 0) is 9.47 Å². The molecule has 0 aliphatic carbocycles. The smallest absolute Gasteiger partial charge is 0.420 e. The standard InChI is InChI=1S/C6H7F3O2/c1-3(2)10-5-4(11-5)6(7,8)9/h4-5H,1H2,2H3. The molecule has 0 bridgehead atoms. The number of hydrogen-bond acceptors (Lipinski definition) is 2. The van der Waals surface area contributed by atoms with Gasteiger partial charge in [-0.05, 0) is 6.92 Å². The van der Waals surface area contributed by atoms with Crippen LogP contribution < -0.4 is 0 Å². The fraction of sp³-hybridized carbons (Fsp3) is 0.667. The molecule has 11 heavy (non-hydrogen) atoms. The third-order valence-electron chi connectivity index (χ3n) is 1.09. The molecule has 2 unspecified atom stereocenters. The fourth-order valence-electron chi connectivity index (χ4n) is 0.618. The third kappa shape index (κ3) is 2.11. The van der Waals surface area contributed by atoms with Crippen LogP contribution in [0.15, 0.2) is 12.3 Å². The normalized spacial score (nSPS) is 29.8. The van der Waals surface area contributed by atoms with Crippen molar-refractivity contribution in [2.45, 2.75) is 25.5 Å². The topological polar surface area (TPSA) is 21.8 Å². The van der Waals surface area contributed by atoms with Gasteiger partial charge in [-0.2, -0.15) is 13.2 Å². The summed E-state index contributed by atoms with van der Waals surface area (Å²) >= 11 is 0. The van der Waals surface area contributed by atoms with E-state index in [0.29, 0.717) is 0 Å². The van der Waals surface area contributed by atoms with Gasteiger partial charge < -0.3 is 9.47 Å². The Morgan fingerprint density at radius 1 is 1.55 bits per heavy atom. The summed E-state index contributed by atoms with van der Waals surface area (Å²) in [5.41, 5.74) is 0. The number of epoxide rings is 1. The lowest BCUT2D eigenvalue weighted by molar-refractivity contribution is -0.147. The number of halogens is 3. The Morgan fingerprint density at radius 2 is 2.09 bits per heavy atom. The molecule has 5 heteroatoms. The third-order valence-corrected chi connectivity index (χ3v) is 1.09. The maximum absolute atomic E-state index is 11.7. The molecular formula is C6H7F3O2. The summed E-state index contributed by atoms with van der Waals surface area (Å²) in [5, 5.41) is 0. The van der Waals surface area contributed by atoms with Crippen molar-refractivity contribution in [2.75, 3.05) is 0 Å². The van der Waals surface area contributed by atoms with Gasteiger partial charge in [0.05, 0.1) is 5.76 Å². The van der Waals surface area contributed by atoms with Gasteiger partial charge in [0.2, 0.25) is 12.4 Å². The van der Waals surface area contributed by atoms with Gasteiger partial charge in [0.25, 0.3) is 0 Å². The van der Waals surface area contributed by atoms with Gasteiger partial charge >= 0.3 is 6.18 Å². The average molecular weight is 168 g/mol. The first-order chi connectivity index (χ1) is 4.91. The Bertz CT molecular complexity index is 175. The van der Waals surface area contributed by atoms with Crippen molar-refractivity contribution in [3.63, 3.8) is 0 Å². The van der Waals surface area contributed by atoms with E-state index in [2.05, 4.69) is 16.1 Å². The van der Waals surface area contributed by atoms with Gasteiger partial charge in [-0.1, -0.05) is 6.58 Å². The molecule has 0 radical (unpaired) electrons. The zero-order valence-electron chi connectivity index (χ0n) is 5.81. The van der Waals surface area contributed by atoms with Crippen LogP contribution in [0.3, 0.4) is 0 Å². The zero-order chi connectivity index (χ0) is 8.65. The first kappa shape index (κ1) is 8.39. The van der Waals surface area contributed by atoms with E-state index in [4.69, 9.17) is 0 Å². The number of ether oxygens (including phenoxy) is 2. The largest absolute Gasteiger partial charge is 0.467 e. The molecule has 1 saturated heterocycles. The SMILES string of the molecule is C=C(C)OC1OC1C(F)(F)F. The summed E-state index contributed by atoms with van der Waals surface area (Å²) in [7, 11) is 0. The van der Waals surface area contributed by atoms with Crippen LogP contribution in [0.5, 0.6) is 0 Å². The Balaban J connectivity index is 2.32. The Hall–Kier alpha value is -0.710. The molecular weight excluding hydrogens is 161 g/mol. The molecule has 2 atom stereocenters. The highest BCUT2D eigenvalue weighted by atomic mass is 19.4. The molecule has 0 aromatic carbocycles. The van der Waals surface area contributed by atoms with Crippen molar-refractivity contribution < 1.29 is 22.6 Å². The fourth-order valence-corrected chi connectivity index (χ4v) is 0.618. The van der Waals surface area contributed by atoms with Crippen molar-refractivity contribution in [3.05, 3.63) is 12.3 Å². The summed E-state index contributed by atoms with van der Waals surface area (Å²) in [5.74, 6) is 0.224. The molecule has 64 valence electrons. The predicted molar refractivity (Wildman–Crippen MR) is 30.6 cm³/mol. The average Bonchev–Trinajstić information content (AvgIpc) is 2.40. The van der Waals surface area contributed by atoms with E-state index in [1.807, 2.05) is 0 Å². The van der Waals surface area contributed by atoms with E-state index in [1.54, 1.807) is 0 Å².